The highest BCUT2D eigenvalue weighted by molar-refractivity contribution is 9.09. The van der Waals surface area contributed by atoms with Gasteiger partial charge in [0.1, 0.15) is 5.75 Å². The van der Waals surface area contributed by atoms with Crippen LogP contribution in [0.4, 0.5) is 0 Å². The summed E-state index contributed by atoms with van der Waals surface area (Å²) in [7, 11) is 2.94. The molecule has 0 spiro atoms. The predicted octanol–water partition coefficient (Wildman–Crippen LogP) is 3.01. The fraction of sp³-hybridized carbons (Fsp3) is 0.357. The van der Waals surface area contributed by atoms with Crippen molar-refractivity contribution in [2.24, 2.45) is 0 Å². The standard InChI is InChI=1S/C14H15BrO3/c1-17-13-8-7-12(14(16)18-2)10-11(13)6-4-3-5-9-15/h7-8,10H,3,5,9H2,1-2H3. The van der Waals surface area contributed by atoms with Crippen LogP contribution in [0.3, 0.4) is 0 Å². The molecule has 0 saturated carbocycles. The SMILES string of the molecule is COC(=O)c1ccc(OC)c(C#CCCCBr)c1. The van der Waals surface area contributed by atoms with Gasteiger partial charge in [-0.05, 0) is 24.6 Å². The van der Waals surface area contributed by atoms with Crippen molar-refractivity contribution in [3.05, 3.63) is 29.3 Å². The van der Waals surface area contributed by atoms with Gasteiger partial charge in [0.15, 0.2) is 0 Å². The Morgan fingerprint density at radius 3 is 2.78 bits per heavy atom. The van der Waals surface area contributed by atoms with Gasteiger partial charge in [0, 0.05) is 11.8 Å². The van der Waals surface area contributed by atoms with Gasteiger partial charge in [0.05, 0.1) is 25.3 Å². The van der Waals surface area contributed by atoms with Crippen LogP contribution in [-0.2, 0) is 4.74 Å². The second-order valence-electron chi connectivity index (χ2n) is 3.50. The summed E-state index contributed by atoms with van der Waals surface area (Å²) >= 11 is 3.35. The molecule has 0 fully saturated rings. The molecule has 0 aliphatic carbocycles. The van der Waals surface area contributed by atoms with Crippen molar-refractivity contribution in [1.29, 1.82) is 0 Å². The zero-order valence-electron chi connectivity index (χ0n) is 10.5. The van der Waals surface area contributed by atoms with Gasteiger partial charge in [-0.25, -0.2) is 4.79 Å². The molecule has 96 valence electrons. The maximum absolute atomic E-state index is 11.4. The van der Waals surface area contributed by atoms with Crippen molar-refractivity contribution >= 4 is 21.9 Å². The minimum Gasteiger partial charge on any atom is -0.495 e. The molecule has 0 heterocycles. The van der Waals surface area contributed by atoms with E-state index in [1.54, 1.807) is 25.3 Å². The summed E-state index contributed by atoms with van der Waals surface area (Å²) in [5.41, 5.74) is 1.18. The maximum atomic E-state index is 11.4. The molecular weight excluding hydrogens is 296 g/mol. The fourth-order valence-corrected chi connectivity index (χ4v) is 1.64. The summed E-state index contributed by atoms with van der Waals surface area (Å²) in [6.07, 6.45) is 1.79. The van der Waals surface area contributed by atoms with Gasteiger partial charge in [-0.1, -0.05) is 27.8 Å². The van der Waals surface area contributed by atoms with E-state index in [1.165, 1.54) is 7.11 Å². The van der Waals surface area contributed by atoms with Crippen molar-refractivity contribution < 1.29 is 14.3 Å². The van der Waals surface area contributed by atoms with Gasteiger partial charge >= 0.3 is 5.97 Å². The number of benzene rings is 1. The molecule has 0 aromatic heterocycles. The van der Waals surface area contributed by atoms with E-state index in [4.69, 9.17) is 4.74 Å². The largest absolute Gasteiger partial charge is 0.495 e. The Labute approximate surface area is 116 Å². The number of carbonyl (C=O) groups is 1. The average molecular weight is 311 g/mol. The summed E-state index contributed by atoms with van der Waals surface area (Å²) in [6, 6.07) is 5.07. The summed E-state index contributed by atoms with van der Waals surface area (Å²) in [5, 5.41) is 0.932. The van der Waals surface area contributed by atoms with E-state index in [1.807, 2.05) is 0 Å². The Balaban J connectivity index is 2.97. The van der Waals surface area contributed by atoms with E-state index in [0.717, 1.165) is 18.2 Å². The minimum absolute atomic E-state index is 0.374. The number of hydrogen-bond acceptors (Lipinski definition) is 3. The molecule has 1 aromatic carbocycles. The maximum Gasteiger partial charge on any atom is 0.337 e. The van der Waals surface area contributed by atoms with Crippen molar-refractivity contribution in [2.45, 2.75) is 12.8 Å². The number of hydrogen-bond donors (Lipinski definition) is 0. The van der Waals surface area contributed by atoms with E-state index >= 15 is 0 Å². The summed E-state index contributed by atoms with van der Waals surface area (Å²) < 4.78 is 9.88. The van der Waals surface area contributed by atoms with Gasteiger partial charge in [-0.2, -0.15) is 0 Å². The monoisotopic (exact) mass is 310 g/mol. The molecule has 0 unspecified atom stereocenters. The molecule has 3 nitrogen and oxygen atoms in total. The lowest BCUT2D eigenvalue weighted by Crippen LogP contribution is -2.02. The van der Waals surface area contributed by atoms with Gasteiger partial charge in [0.25, 0.3) is 0 Å². The van der Waals surface area contributed by atoms with Gasteiger partial charge in [-0.3, -0.25) is 0 Å². The van der Waals surface area contributed by atoms with Crippen molar-refractivity contribution in [2.75, 3.05) is 19.5 Å². The highest BCUT2D eigenvalue weighted by atomic mass is 79.9. The lowest BCUT2D eigenvalue weighted by Gasteiger charge is -2.05. The normalized spacial score (nSPS) is 9.28. The molecule has 18 heavy (non-hydrogen) atoms. The molecule has 0 radical (unpaired) electrons. The van der Waals surface area contributed by atoms with E-state index in [2.05, 4.69) is 32.5 Å². The number of esters is 1. The zero-order valence-corrected chi connectivity index (χ0v) is 12.0. The summed E-state index contributed by atoms with van der Waals surface area (Å²) in [4.78, 5) is 11.4. The number of carbonyl (C=O) groups excluding carboxylic acids is 1. The van der Waals surface area contributed by atoms with Gasteiger partial charge in [0.2, 0.25) is 0 Å². The quantitative estimate of drug-likeness (QED) is 0.371. The number of halogens is 1. The van der Waals surface area contributed by atoms with Crippen LogP contribution in [0, 0.1) is 11.8 Å². The van der Waals surface area contributed by atoms with Crippen LogP contribution in [0.25, 0.3) is 0 Å². The predicted molar refractivity (Wildman–Crippen MR) is 74.2 cm³/mol. The highest BCUT2D eigenvalue weighted by Crippen LogP contribution is 2.19. The molecule has 0 saturated heterocycles. The molecule has 0 aliphatic heterocycles. The van der Waals surface area contributed by atoms with E-state index in [9.17, 15) is 4.79 Å². The van der Waals surface area contributed by atoms with E-state index in [-0.39, 0.29) is 5.97 Å². The lowest BCUT2D eigenvalue weighted by atomic mass is 10.1. The number of unbranched alkanes of at least 4 members (excludes halogenated alkanes) is 1. The second-order valence-corrected chi connectivity index (χ2v) is 4.29. The van der Waals surface area contributed by atoms with E-state index in [0.29, 0.717) is 16.9 Å². The topological polar surface area (TPSA) is 35.5 Å². The molecular formula is C14H15BrO3. The first kappa shape index (κ1) is 14.6. The lowest BCUT2D eigenvalue weighted by molar-refractivity contribution is 0.0600. The van der Waals surface area contributed by atoms with Crippen LogP contribution in [-0.4, -0.2) is 25.5 Å². The molecule has 1 aromatic rings. The smallest absolute Gasteiger partial charge is 0.337 e. The molecule has 4 heteroatoms. The number of methoxy groups -OCH3 is 2. The number of ether oxygens (including phenoxy) is 2. The summed E-state index contributed by atoms with van der Waals surface area (Å²) in [5.74, 6) is 6.35. The van der Waals surface area contributed by atoms with Crippen LogP contribution < -0.4 is 4.74 Å². The number of alkyl halides is 1. The third kappa shape index (κ3) is 4.08. The summed E-state index contributed by atoms with van der Waals surface area (Å²) in [6.45, 7) is 0. The highest BCUT2D eigenvalue weighted by Gasteiger charge is 2.08. The third-order valence-electron chi connectivity index (χ3n) is 2.28. The first-order valence-corrected chi connectivity index (χ1v) is 6.66. The Morgan fingerprint density at radius 2 is 2.17 bits per heavy atom. The fourth-order valence-electron chi connectivity index (χ4n) is 1.36. The zero-order chi connectivity index (χ0) is 13.4. The minimum atomic E-state index is -0.374. The molecule has 0 N–H and O–H groups in total. The number of rotatable bonds is 4. The van der Waals surface area contributed by atoms with Gasteiger partial charge in [-0.15, -0.1) is 0 Å². The molecule has 0 bridgehead atoms. The van der Waals surface area contributed by atoms with Gasteiger partial charge < -0.3 is 9.47 Å². The van der Waals surface area contributed by atoms with Crippen molar-refractivity contribution in [3.8, 4) is 17.6 Å². The van der Waals surface area contributed by atoms with Crippen LogP contribution in [0.5, 0.6) is 5.75 Å². The molecule has 0 atom stereocenters. The van der Waals surface area contributed by atoms with Crippen LogP contribution >= 0.6 is 15.9 Å². The average Bonchev–Trinajstić information content (AvgIpc) is 2.42. The Morgan fingerprint density at radius 1 is 1.39 bits per heavy atom. The molecule has 0 aliphatic rings. The third-order valence-corrected chi connectivity index (χ3v) is 2.84. The first-order chi connectivity index (χ1) is 8.72. The Kier molecular flexibility index (Phi) is 6.31. The van der Waals surface area contributed by atoms with Crippen LogP contribution in [0.2, 0.25) is 0 Å². The van der Waals surface area contributed by atoms with Crippen molar-refractivity contribution in [1.82, 2.24) is 0 Å². The Bertz CT molecular complexity index is 472. The molecule has 0 amide bonds. The van der Waals surface area contributed by atoms with E-state index < -0.39 is 0 Å². The van der Waals surface area contributed by atoms with Crippen molar-refractivity contribution in [3.63, 3.8) is 0 Å². The Hall–Kier alpha value is -1.47. The first-order valence-electron chi connectivity index (χ1n) is 5.54. The second kappa shape index (κ2) is 7.78. The molecule has 1 rings (SSSR count). The van der Waals surface area contributed by atoms with Crippen LogP contribution in [0.1, 0.15) is 28.8 Å². The van der Waals surface area contributed by atoms with Crippen LogP contribution in [0.15, 0.2) is 18.2 Å².